The number of hydrogen-bond acceptors (Lipinski definition) is 4. The van der Waals surface area contributed by atoms with E-state index in [1.807, 2.05) is 30.1 Å². The molecule has 1 unspecified atom stereocenters. The van der Waals surface area contributed by atoms with E-state index in [4.69, 9.17) is 0 Å². The van der Waals surface area contributed by atoms with Gasteiger partial charge in [-0.15, -0.1) is 0 Å². The van der Waals surface area contributed by atoms with Crippen LogP contribution in [0.15, 0.2) is 24.4 Å². The van der Waals surface area contributed by atoms with Crippen LogP contribution in [-0.2, 0) is 11.3 Å². The monoisotopic (exact) mass is 401 g/mol. The Hall–Kier alpha value is -2.15. The maximum Gasteiger partial charge on any atom is 0.317 e. The highest BCUT2D eigenvalue weighted by Gasteiger charge is 2.47. The average molecular weight is 402 g/mol. The largest absolute Gasteiger partial charge is 0.349 e. The highest BCUT2D eigenvalue weighted by molar-refractivity contribution is 5.82. The number of rotatable bonds is 6. The Bertz CT molecular complexity index is 686. The molecule has 2 aliphatic rings. The lowest BCUT2D eigenvalue weighted by molar-refractivity contribution is -0.125. The standard InChI is InChI=1S/C22H35N5O2/c1-17(2)7-11-24-21(29)27-12-8-22(9-13-27)14-19(26(3)16-22)20(28)25-15-18-6-4-5-10-23-18/h4-6,10,17,19H,7-9,11-16H2,1-3H3,(H,24,29)(H,25,28). The topological polar surface area (TPSA) is 77.6 Å². The minimum atomic E-state index is -0.106. The molecule has 160 valence electrons. The van der Waals surface area contributed by atoms with E-state index in [1.165, 1.54) is 0 Å². The Morgan fingerprint density at radius 3 is 2.66 bits per heavy atom. The smallest absolute Gasteiger partial charge is 0.317 e. The summed E-state index contributed by atoms with van der Waals surface area (Å²) in [6, 6.07) is 5.66. The molecule has 2 saturated heterocycles. The predicted octanol–water partition coefficient (Wildman–Crippen LogP) is 2.24. The van der Waals surface area contributed by atoms with Crippen LogP contribution in [0, 0.1) is 11.3 Å². The number of urea groups is 1. The minimum Gasteiger partial charge on any atom is -0.349 e. The summed E-state index contributed by atoms with van der Waals surface area (Å²) >= 11 is 0. The van der Waals surface area contributed by atoms with Crippen molar-refractivity contribution < 1.29 is 9.59 Å². The van der Waals surface area contributed by atoms with Crippen molar-refractivity contribution in [3.63, 3.8) is 0 Å². The van der Waals surface area contributed by atoms with E-state index in [0.717, 1.165) is 57.6 Å². The van der Waals surface area contributed by atoms with Crippen molar-refractivity contribution in [3.05, 3.63) is 30.1 Å². The van der Waals surface area contributed by atoms with Gasteiger partial charge in [-0.3, -0.25) is 14.7 Å². The molecule has 1 aromatic rings. The third-order valence-corrected chi connectivity index (χ3v) is 6.32. The molecular formula is C22H35N5O2. The summed E-state index contributed by atoms with van der Waals surface area (Å²) in [5, 5.41) is 6.07. The number of amides is 3. The molecule has 1 aromatic heterocycles. The first-order chi connectivity index (χ1) is 13.9. The van der Waals surface area contributed by atoms with E-state index in [-0.39, 0.29) is 23.4 Å². The maximum absolute atomic E-state index is 12.7. The van der Waals surface area contributed by atoms with Crippen molar-refractivity contribution >= 4 is 11.9 Å². The molecule has 29 heavy (non-hydrogen) atoms. The molecule has 2 N–H and O–H groups in total. The third kappa shape index (κ3) is 5.69. The van der Waals surface area contributed by atoms with Crippen LogP contribution < -0.4 is 10.6 Å². The van der Waals surface area contributed by atoms with Crippen molar-refractivity contribution in [3.8, 4) is 0 Å². The normalized spacial score (nSPS) is 21.5. The SMILES string of the molecule is CC(C)CCNC(=O)N1CCC2(CC1)CC(C(=O)NCc1ccccn1)N(C)C2. The maximum atomic E-state index is 12.7. The van der Waals surface area contributed by atoms with Crippen molar-refractivity contribution in [1.29, 1.82) is 0 Å². The zero-order valence-corrected chi connectivity index (χ0v) is 18.0. The molecule has 1 spiro atoms. The zero-order valence-electron chi connectivity index (χ0n) is 18.0. The summed E-state index contributed by atoms with van der Waals surface area (Å²) in [5.41, 5.74) is 1.00. The van der Waals surface area contributed by atoms with Gasteiger partial charge in [0.15, 0.2) is 0 Å². The lowest BCUT2D eigenvalue weighted by Crippen LogP contribution is -2.48. The summed E-state index contributed by atoms with van der Waals surface area (Å²) in [7, 11) is 2.03. The van der Waals surface area contributed by atoms with Gasteiger partial charge in [0, 0.05) is 32.4 Å². The van der Waals surface area contributed by atoms with Gasteiger partial charge in [-0.2, -0.15) is 0 Å². The molecule has 7 heteroatoms. The fourth-order valence-electron chi connectivity index (χ4n) is 4.49. The number of pyridine rings is 1. The third-order valence-electron chi connectivity index (χ3n) is 6.32. The predicted molar refractivity (Wildman–Crippen MR) is 113 cm³/mol. The lowest BCUT2D eigenvalue weighted by atomic mass is 9.76. The molecule has 1 atom stereocenters. The van der Waals surface area contributed by atoms with Gasteiger partial charge in [0.2, 0.25) is 5.91 Å². The molecule has 7 nitrogen and oxygen atoms in total. The van der Waals surface area contributed by atoms with Crippen LogP contribution in [0.4, 0.5) is 4.79 Å². The number of nitrogens with zero attached hydrogens (tertiary/aromatic N) is 3. The highest BCUT2D eigenvalue weighted by atomic mass is 16.2. The van der Waals surface area contributed by atoms with Gasteiger partial charge in [0.25, 0.3) is 0 Å². The number of likely N-dealkylation sites (N-methyl/N-ethyl adjacent to an activating group) is 1. The molecule has 0 radical (unpaired) electrons. The number of carbonyl (C=O) groups is 2. The Balaban J connectivity index is 1.46. The zero-order chi connectivity index (χ0) is 20.9. The molecule has 3 amide bonds. The Labute approximate surface area is 174 Å². The van der Waals surface area contributed by atoms with Gasteiger partial charge in [0.05, 0.1) is 18.3 Å². The minimum absolute atomic E-state index is 0.0523. The fourth-order valence-corrected chi connectivity index (χ4v) is 4.49. The number of aromatic nitrogens is 1. The molecular weight excluding hydrogens is 366 g/mol. The molecule has 3 rings (SSSR count). The van der Waals surface area contributed by atoms with Crippen LogP contribution in [0.1, 0.15) is 45.2 Å². The molecule has 3 heterocycles. The molecule has 0 aromatic carbocycles. The second kappa shape index (κ2) is 9.57. The molecule has 0 bridgehead atoms. The average Bonchev–Trinajstić information content (AvgIpc) is 3.03. The number of piperidine rings is 1. The fraction of sp³-hybridized carbons (Fsp3) is 0.682. The van der Waals surface area contributed by atoms with Gasteiger partial charge >= 0.3 is 6.03 Å². The van der Waals surface area contributed by atoms with Crippen LogP contribution in [0.2, 0.25) is 0 Å². The van der Waals surface area contributed by atoms with E-state index < -0.39 is 0 Å². The van der Waals surface area contributed by atoms with Gasteiger partial charge in [0.1, 0.15) is 0 Å². The van der Waals surface area contributed by atoms with E-state index in [2.05, 4.69) is 34.4 Å². The van der Waals surface area contributed by atoms with Crippen LogP contribution >= 0.6 is 0 Å². The van der Waals surface area contributed by atoms with Crippen LogP contribution in [0.5, 0.6) is 0 Å². The molecule has 0 saturated carbocycles. The van der Waals surface area contributed by atoms with Crippen LogP contribution in [-0.4, -0.2) is 66.0 Å². The Kier molecular flexibility index (Phi) is 7.11. The first-order valence-corrected chi connectivity index (χ1v) is 10.8. The second-order valence-electron chi connectivity index (χ2n) is 9.08. The summed E-state index contributed by atoms with van der Waals surface area (Å²) in [6.45, 7) is 7.97. The first-order valence-electron chi connectivity index (χ1n) is 10.8. The quantitative estimate of drug-likeness (QED) is 0.766. The molecule has 2 aliphatic heterocycles. The van der Waals surface area contributed by atoms with E-state index in [9.17, 15) is 9.59 Å². The molecule has 2 fully saturated rings. The van der Waals surface area contributed by atoms with Crippen molar-refractivity contribution in [2.45, 2.75) is 52.1 Å². The number of nitrogens with one attached hydrogen (secondary N) is 2. The van der Waals surface area contributed by atoms with Crippen molar-refractivity contribution in [2.75, 3.05) is 33.2 Å². The molecule has 0 aliphatic carbocycles. The van der Waals surface area contributed by atoms with Crippen LogP contribution in [0.3, 0.4) is 0 Å². The van der Waals surface area contributed by atoms with E-state index in [0.29, 0.717) is 12.5 Å². The van der Waals surface area contributed by atoms with Crippen molar-refractivity contribution in [1.82, 2.24) is 25.4 Å². The van der Waals surface area contributed by atoms with Gasteiger partial charge in [-0.05, 0) is 56.2 Å². The highest BCUT2D eigenvalue weighted by Crippen LogP contribution is 2.42. The number of hydrogen-bond donors (Lipinski definition) is 2. The Morgan fingerprint density at radius 1 is 1.24 bits per heavy atom. The summed E-state index contributed by atoms with van der Waals surface area (Å²) in [5.74, 6) is 0.665. The second-order valence-corrected chi connectivity index (χ2v) is 9.08. The van der Waals surface area contributed by atoms with Gasteiger partial charge < -0.3 is 15.5 Å². The summed E-state index contributed by atoms with van der Waals surface area (Å²) < 4.78 is 0. The number of carbonyl (C=O) groups excluding carboxylic acids is 2. The van der Waals surface area contributed by atoms with E-state index in [1.54, 1.807) is 6.20 Å². The van der Waals surface area contributed by atoms with Crippen LogP contribution in [0.25, 0.3) is 0 Å². The summed E-state index contributed by atoms with van der Waals surface area (Å²) in [6.07, 6.45) is 5.52. The lowest BCUT2D eigenvalue weighted by Gasteiger charge is -2.39. The number of likely N-dealkylation sites (tertiary alicyclic amines) is 2. The Morgan fingerprint density at radius 2 is 2.00 bits per heavy atom. The first kappa shape index (κ1) is 21.6. The van der Waals surface area contributed by atoms with E-state index >= 15 is 0 Å². The summed E-state index contributed by atoms with van der Waals surface area (Å²) in [4.78, 5) is 33.5. The van der Waals surface area contributed by atoms with Gasteiger partial charge in [-0.25, -0.2) is 4.79 Å². The van der Waals surface area contributed by atoms with Gasteiger partial charge in [-0.1, -0.05) is 19.9 Å². The van der Waals surface area contributed by atoms with Crippen molar-refractivity contribution in [2.24, 2.45) is 11.3 Å².